The third-order valence-corrected chi connectivity index (χ3v) is 5.57. The lowest BCUT2D eigenvalue weighted by Gasteiger charge is -2.19. The molecule has 0 radical (unpaired) electrons. The van der Waals surface area contributed by atoms with Gasteiger partial charge in [0.25, 0.3) is 0 Å². The van der Waals surface area contributed by atoms with Crippen molar-refractivity contribution in [1.29, 1.82) is 0 Å². The fraction of sp³-hybridized carbons (Fsp3) is 0.235. The lowest BCUT2D eigenvalue weighted by Crippen LogP contribution is -2.26. The Labute approximate surface area is 150 Å². The number of rotatable bonds is 5. The summed E-state index contributed by atoms with van der Waals surface area (Å²) in [6.45, 7) is 0.553. The van der Waals surface area contributed by atoms with Crippen molar-refractivity contribution >= 4 is 21.4 Å². The molecule has 0 saturated carbocycles. The molecule has 1 amide bonds. The first-order valence-electron chi connectivity index (χ1n) is 7.80. The second-order valence-electron chi connectivity index (χ2n) is 5.48. The lowest BCUT2D eigenvalue weighted by atomic mass is 10.3. The normalized spacial score (nSPS) is 13.2. The fourth-order valence-electron chi connectivity index (χ4n) is 2.45. The number of amides is 1. The first-order valence-corrected chi connectivity index (χ1v) is 9.29. The molecule has 2 N–H and O–H groups in total. The maximum absolute atomic E-state index is 13.7. The van der Waals surface area contributed by atoms with Crippen molar-refractivity contribution in [2.24, 2.45) is 0 Å². The van der Waals surface area contributed by atoms with Crippen LogP contribution in [0.4, 0.5) is 10.1 Å². The van der Waals surface area contributed by atoms with Crippen LogP contribution in [-0.4, -0.2) is 41.1 Å². The van der Waals surface area contributed by atoms with Crippen molar-refractivity contribution in [1.82, 2.24) is 5.32 Å². The van der Waals surface area contributed by atoms with Gasteiger partial charge in [0.05, 0.1) is 22.0 Å². The van der Waals surface area contributed by atoms with Crippen LogP contribution in [0.2, 0.25) is 0 Å². The van der Waals surface area contributed by atoms with Gasteiger partial charge in [-0.05, 0) is 30.3 Å². The number of sulfone groups is 1. The number of carbonyl (C=O) groups excluding carboxylic acids is 1. The van der Waals surface area contributed by atoms with Crippen molar-refractivity contribution in [3.8, 4) is 11.5 Å². The van der Waals surface area contributed by atoms with Gasteiger partial charge in [0.15, 0.2) is 11.5 Å². The van der Waals surface area contributed by atoms with E-state index in [-0.39, 0.29) is 27.9 Å². The van der Waals surface area contributed by atoms with E-state index in [2.05, 4.69) is 10.6 Å². The number of carbonyl (C=O) groups is 1. The van der Waals surface area contributed by atoms with Gasteiger partial charge in [0, 0.05) is 13.1 Å². The van der Waals surface area contributed by atoms with Crippen molar-refractivity contribution < 1.29 is 27.1 Å². The Morgan fingerprint density at radius 2 is 1.85 bits per heavy atom. The number of anilines is 1. The molecule has 0 unspecified atom stereocenters. The zero-order valence-corrected chi connectivity index (χ0v) is 14.7. The number of fused-ring (bicyclic) bond motifs is 1. The summed E-state index contributed by atoms with van der Waals surface area (Å²) >= 11 is 0. The summed E-state index contributed by atoms with van der Waals surface area (Å²) < 4.78 is 50.5. The standard InChI is InChI=1S/C17H17FN2O5S/c1-19-17(21)10-20-13-4-2-11(18)8-16(13)26(22,23)12-3-5-14-15(9-12)25-7-6-24-14/h2-5,8-9,20H,6-7,10H2,1H3,(H,19,21). The molecular formula is C17H17FN2O5S. The third kappa shape index (κ3) is 3.57. The maximum Gasteiger partial charge on any atom is 0.239 e. The van der Waals surface area contributed by atoms with Gasteiger partial charge in [0.1, 0.15) is 19.0 Å². The SMILES string of the molecule is CNC(=O)CNc1ccc(F)cc1S(=O)(=O)c1ccc2c(c1)OCCO2. The predicted molar refractivity (Wildman–Crippen MR) is 91.8 cm³/mol. The maximum atomic E-state index is 13.7. The molecule has 0 atom stereocenters. The van der Waals surface area contributed by atoms with Gasteiger partial charge in [-0.25, -0.2) is 12.8 Å². The van der Waals surface area contributed by atoms with E-state index in [1.807, 2.05) is 0 Å². The molecule has 2 aromatic carbocycles. The number of hydrogen-bond donors (Lipinski definition) is 2. The Kier molecular flexibility index (Phi) is 4.99. The van der Waals surface area contributed by atoms with Crippen molar-refractivity contribution in [3.05, 3.63) is 42.2 Å². The summed E-state index contributed by atoms with van der Waals surface area (Å²) in [5.74, 6) is -0.274. The van der Waals surface area contributed by atoms with Crippen molar-refractivity contribution in [2.75, 3.05) is 32.1 Å². The van der Waals surface area contributed by atoms with Crippen LogP contribution in [0.25, 0.3) is 0 Å². The molecule has 3 rings (SSSR count). The first kappa shape index (κ1) is 18.0. The van der Waals surface area contributed by atoms with Gasteiger partial charge in [0.2, 0.25) is 15.7 Å². The van der Waals surface area contributed by atoms with E-state index in [1.54, 1.807) is 0 Å². The summed E-state index contributed by atoms with van der Waals surface area (Å²) in [5, 5.41) is 5.13. The molecular weight excluding hydrogens is 363 g/mol. The van der Waals surface area contributed by atoms with Crippen molar-refractivity contribution in [3.63, 3.8) is 0 Å². The number of halogens is 1. The molecule has 0 aliphatic carbocycles. The highest BCUT2D eigenvalue weighted by molar-refractivity contribution is 7.91. The summed E-state index contributed by atoms with van der Waals surface area (Å²) in [5.41, 5.74) is 0.130. The molecule has 0 aromatic heterocycles. The first-order chi connectivity index (χ1) is 12.4. The molecule has 7 nitrogen and oxygen atoms in total. The van der Waals surface area contributed by atoms with Crippen LogP contribution in [0.15, 0.2) is 46.2 Å². The molecule has 0 saturated heterocycles. The minimum absolute atomic E-state index is 0.0599. The van der Waals surface area contributed by atoms with E-state index in [1.165, 1.54) is 31.3 Å². The summed E-state index contributed by atoms with van der Waals surface area (Å²) in [6, 6.07) is 7.53. The molecule has 0 fully saturated rings. The van der Waals surface area contributed by atoms with Gasteiger partial charge in [-0.3, -0.25) is 4.79 Å². The monoisotopic (exact) mass is 380 g/mol. The van der Waals surface area contributed by atoms with Gasteiger partial charge in [-0.2, -0.15) is 0 Å². The number of nitrogens with one attached hydrogen (secondary N) is 2. The van der Waals surface area contributed by atoms with Gasteiger partial charge >= 0.3 is 0 Å². The molecule has 2 aromatic rings. The highest BCUT2D eigenvalue weighted by Gasteiger charge is 2.25. The smallest absolute Gasteiger partial charge is 0.239 e. The van der Waals surface area contributed by atoms with E-state index in [9.17, 15) is 17.6 Å². The molecule has 1 aliphatic heterocycles. The van der Waals surface area contributed by atoms with Gasteiger partial charge in [-0.15, -0.1) is 0 Å². The second kappa shape index (κ2) is 7.20. The Morgan fingerprint density at radius 1 is 1.12 bits per heavy atom. The minimum atomic E-state index is -4.05. The molecule has 0 bridgehead atoms. The molecule has 138 valence electrons. The average Bonchev–Trinajstić information content (AvgIpc) is 2.66. The Bertz CT molecular complexity index is 946. The number of benzene rings is 2. The van der Waals surface area contributed by atoms with Crippen LogP contribution >= 0.6 is 0 Å². The molecule has 1 heterocycles. The molecule has 1 aliphatic rings. The molecule has 26 heavy (non-hydrogen) atoms. The highest BCUT2D eigenvalue weighted by atomic mass is 32.2. The fourth-order valence-corrected chi connectivity index (χ4v) is 3.91. The van der Waals surface area contributed by atoms with Crippen LogP contribution < -0.4 is 20.1 Å². The van der Waals surface area contributed by atoms with E-state index >= 15 is 0 Å². The van der Waals surface area contributed by atoms with E-state index in [4.69, 9.17) is 9.47 Å². The van der Waals surface area contributed by atoms with E-state index in [0.717, 1.165) is 12.1 Å². The number of hydrogen-bond acceptors (Lipinski definition) is 6. The summed E-state index contributed by atoms with van der Waals surface area (Å²) in [6.07, 6.45) is 0. The van der Waals surface area contributed by atoms with Crippen LogP contribution in [-0.2, 0) is 14.6 Å². The van der Waals surface area contributed by atoms with Crippen LogP contribution in [0, 0.1) is 5.82 Å². The minimum Gasteiger partial charge on any atom is -0.486 e. The zero-order valence-electron chi connectivity index (χ0n) is 13.9. The lowest BCUT2D eigenvalue weighted by molar-refractivity contribution is -0.118. The van der Waals surface area contributed by atoms with E-state index < -0.39 is 15.7 Å². The quantitative estimate of drug-likeness (QED) is 0.818. The van der Waals surface area contributed by atoms with Crippen LogP contribution in [0.5, 0.6) is 11.5 Å². The van der Waals surface area contributed by atoms with Gasteiger partial charge < -0.3 is 20.1 Å². The van der Waals surface area contributed by atoms with Gasteiger partial charge in [-0.1, -0.05) is 0 Å². The average molecular weight is 380 g/mol. The van der Waals surface area contributed by atoms with Crippen molar-refractivity contribution in [2.45, 2.75) is 9.79 Å². The highest BCUT2D eigenvalue weighted by Crippen LogP contribution is 2.35. The zero-order chi connectivity index (χ0) is 18.7. The number of likely N-dealkylation sites (N-methyl/N-ethyl adjacent to an activating group) is 1. The second-order valence-corrected chi connectivity index (χ2v) is 7.39. The third-order valence-electron chi connectivity index (χ3n) is 3.78. The Morgan fingerprint density at radius 3 is 2.58 bits per heavy atom. The largest absolute Gasteiger partial charge is 0.486 e. The summed E-state index contributed by atoms with van der Waals surface area (Å²) in [4.78, 5) is 11.1. The molecule has 0 spiro atoms. The van der Waals surface area contributed by atoms with Crippen LogP contribution in [0.3, 0.4) is 0 Å². The molecule has 9 heteroatoms. The van der Waals surface area contributed by atoms with Crippen LogP contribution in [0.1, 0.15) is 0 Å². The number of ether oxygens (including phenoxy) is 2. The van der Waals surface area contributed by atoms with E-state index in [0.29, 0.717) is 24.7 Å². The topological polar surface area (TPSA) is 93.7 Å². The predicted octanol–water partition coefficient (Wildman–Crippen LogP) is 1.59. The summed E-state index contributed by atoms with van der Waals surface area (Å²) in [7, 11) is -2.59. The Balaban J connectivity index is 2.01. The Hall–Kier alpha value is -2.81.